The van der Waals surface area contributed by atoms with Crippen LogP contribution >= 0.6 is 11.3 Å². The molecule has 3 aromatic heterocycles. The van der Waals surface area contributed by atoms with Crippen LogP contribution in [0.3, 0.4) is 0 Å². The van der Waals surface area contributed by atoms with Gasteiger partial charge in [0.2, 0.25) is 0 Å². The molecular weight excluding hydrogens is 426 g/mol. The summed E-state index contributed by atoms with van der Waals surface area (Å²) in [5, 5.41) is 15.3. The zero-order valence-corrected chi connectivity index (χ0v) is 18.6. The molecule has 3 aromatic rings. The molecule has 2 fully saturated rings. The Balaban J connectivity index is 1.27. The summed E-state index contributed by atoms with van der Waals surface area (Å²) in [5.74, 6) is 0.918. The molecule has 0 aromatic carbocycles. The van der Waals surface area contributed by atoms with Gasteiger partial charge in [-0.2, -0.15) is 0 Å². The van der Waals surface area contributed by atoms with Crippen LogP contribution in [-0.2, 0) is 11.2 Å². The van der Waals surface area contributed by atoms with Gasteiger partial charge in [0.15, 0.2) is 5.78 Å². The number of rotatable bonds is 4. The lowest BCUT2D eigenvalue weighted by atomic mass is 10.0. The van der Waals surface area contributed by atoms with E-state index in [1.165, 1.54) is 18.3 Å². The molecule has 3 aliphatic rings. The highest BCUT2D eigenvalue weighted by molar-refractivity contribution is 7.17. The number of pyridine rings is 1. The first kappa shape index (κ1) is 19.9. The number of likely N-dealkylation sites (tertiary alicyclic amines) is 1. The summed E-state index contributed by atoms with van der Waals surface area (Å²) in [6, 6.07) is 2.32. The fourth-order valence-electron chi connectivity index (χ4n) is 5.59. The summed E-state index contributed by atoms with van der Waals surface area (Å²) in [7, 11) is 0. The molecule has 4 atom stereocenters. The van der Waals surface area contributed by atoms with E-state index in [2.05, 4.69) is 15.3 Å². The van der Waals surface area contributed by atoms with E-state index in [1.807, 2.05) is 23.4 Å². The Bertz CT molecular complexity index is 1220. The lowest BCUT2D eigenvalue weighted by Crippen LogP contribution is -2.37. The SMILES string of the molecule is C[C@H](O)C(=O)N1C[C@H]2CC(Nc3c(-c4nc5c(s4)C(=O)CC5)cnc4[nH]ccc34)C[C@H]2C1. The molecule has 1 unspecified atom stereocenters. The van der Waals surface area contributed by atoms with Crippen LogP contribution in [0.4, 0.5) is 5.69 Å². The molecule has 0 bridgehead atoms. The minimum Gasteiger partial charge on any atom is -0.384 e. The Morgan fingerprint density at radius 1 is 1.31 bits per heavy atom. The molecule has 8 nitrogen and oxygen atoms in total. The van der Waals surface area contributed by atoms with E-state index in [9.17, 15) is 14.7 Å². The molecule has 1 saturated carbocycles. The number of nitrogens with one attached hydrogen (secondary N) is 2. The number of hydrogen-bond acceptors (Lipinski definition) is 7. The normalized spacial score (nSPS) is 25.4. The molecule has 0 spiro atoms. The summed E-state index contributed by atoms with van der Waals surface area (Å²) >= 11 is 1.47. The maximum Gasteiger partial charge on any atom is 0.251 e. The molecule has 166 valence electrons. The van der Waals surface area contributed by atoms with Crippen molar-refractivity contribution in [2.75, 3.05) is 18.4 Å². The van der Waals surface area contributed by atoms with Gasteiger partial charge in [0, 0.05) is 43.3 Å². The van der Waals surface area contributed by atoms with E-state index in [-0.39, 0.29) is 11.7 Å². The monoisotopic (exact) mass is 451 g/mol. The number of carbonyl (C=O) groups is 2. The van der Waals surface area contributed by atoms with Gasteiger partial charge in [0.05, 0.1) is 21.8 Å². The molecule has 32 heavy (non-hydrogen) atoms. The van der Waals surface area contributed by atoms with Gasteiger partial charge in [-0.15, -0.1) is 11.3 Å². The number of amides is 1. The van der Waals surface area contributed by atoms with Crippen molar-refractivity contribution in [3.8, 4) is 10.6 Å². The van der Waals surface area contributed by atoms with Crippen LogP contribution in [0.25, 0.3) is 21.6 Å². The summed E-state index contributed by atoms with van der Waals surface area (Å²) in [6.45, 7) is 2.98. The number of H-pyrrole nitrogens is 1. The van der Waals surface area contributed by atoms with Crippen molar-refractivity contribution in [3.05, 3.63) is 29.0 Å². The van der Waals surface area contributed by atoms with Crippen molar-refractivity contribution in [2.45, 2.75) is 44.8 Å². The van der Waals surface area contributed by atoms with Crippen molar-refractivity contribution >= 4 is 39.7 Å². The molecule has 4 heterocycles. The number of carbonyl (C=O) groups excluding carboxylic acids is 2. The Kier molecular flexibility index (Phi) is 4.58. The number of fused-ring (bicyclic) bond motifs is 3. The Labute approximate surface area is 189 Å². The van der Waals surface area contributed by atoms with Gasteiger partial charge >= 0.3 is 0 Å². The number of aliphatic hydroxyl groups excluding tert-OH is 1. The first-order chi connectivity index (χ1) is 15.5. The van der Waals surface area contributed by atoms with Gasteiger partial charge in [-0.05, 0) is 44.1 Å². The predicted octanol–water partition coefficient (Wildman–Crippen LogP) is 2.85. The third-order valence-corrected chi connectivity index (χ3v) is 8.30. The molecule has 1 aliphatic heterocycles. The summed E-state index contributed by atoms with van der Waals surface area (Å²) in [4.78, 5) is 39.5. The number of thiazole rings is 1. The van der Waals surface area contributed by atoms with Crippen LogP contribution in [0.15, 0.2) is 18.5 Å². The fourth-order valence-corrected chi connectivity index (χ4v) is 6.69. The number of aromatic nitrogens is 3. The summed E-state index contributed by atoms with van der Waals surface area (Å²) in [5.41, 5.74) is 3.68. The highest BCUT2D eigenvalue weighted by Gasteiger charge is 2.43. The molecule has 1 amide bonds. The number of aliphatic hydroxyl groups is 1. The van der Waals surface area contributed by atoms with Gasteiger partial charge < -0.3 is 20.3 Å². The van der Waals surface area contributed by atoms with Crippen molar-refractivity contribution in [1.29, 1.82) is 0 Å². The topological polar surface area (TPSA) is 111 Å². The van der Waals surface area contributed by atoms with Crippen molar-refractivity contribution in [2.24, 2.45) is 11.8 Å². The lowest BCUT2D eigenvalue weighted by molar-refractivity contribution is -0.138. The van der Waals surface area contributed by atoms with Crippen LogP contribution in [0, 0.1) is 11.8 Å². The van der Waals surface area contributed by atoms with Crippen LogP contribution in [0.2, 0.25) is 0 Å². The van der Waals surface area contributed by atoms with Crippen molar-refractivity contribution in [1.82, 2.24) is 19.9 Å². The average Bonchev–Trinajstić information content (AvgIpc) is 3.55. The second-order valence-electron chi connectivity index (χ2n) is 9.26. The number of aryl methyl sites for hydroxylation is 1. The molecule has 9 heteroatoms. The first-order valence-electron chi connectivity index (χ1n) is 11.2. The van der Waals surface area contributed by atoms with Crippen molar-refractivity contribution < 1.29 is 14.7 Å². The van der Waals surface area contributed by atoms with Crippen LogP contribution < -0.4 is 5.32 Å². The molecule has 6 rings (SSSR count). The molecule has 0 radical (unpaired) electrons. The van der Waals surface area contributed by atoms with E-state index in [0.29, 0.717) is 24.3 Å². The Morgan fingerprint density at radius 3 is 2.81 bits per heavy atom. The Hall–Kier alpha value is -2.78. The van der Waals surface area contributed by atoms with Crippen LogP contribution in [0.1, 0.15) is 41.6 Å². The Morgan fingerprint density at radius 2 is 2.09 bits per heavy atom. The number of hydrogen-bond donors (Lipinski definition) is 3. The van der Waals surface area contributed by atoms with Gasteiger partial charge in [-0.1, -0.05) is 0 Å². The number of nitrogens with zero attached hydrogens (tertiary/aromatic N) is 3. The minimum atomic E-state index is -0.934. The number of Topliss-reactive ketones (excluding diaryl/α,β-unsaturated/α-hetero) is 1. The molecular formula is C23H25N5O3S. The van der Waals surface area contributed by atoms with Crippen molar-refractivity contribution in [3.63, 3.8) is 0 Å². The third-order valence-electron chi connectivity index (χ3n) is 7.12. The smallest absolute Gasteiger partial charge is 0.251 e. The molecule has 2 aliphatic carbocycles. The van der Waals surface area contributed by atoms with E-state index >= 15 is 0 Å². The number of ketones is 1. The van der Waals surface area contributed by atoms with Crippen LogP contribution in [-0.4, -0.2) is 61.9 Å². The third kappa shape index (κ3) is 3.14. The van der Waals surface area contributed by atoms with Gasteiger partial charge in [-0.25, -0.2) is 9.97 Å². The maximum absolute atomic E-state index is 12.2. The lowest BCUT2D eigenvalue weighted by Gasteiger charge is -2.22. The minimum absolute atomic E-state index is 0.166. The number of anilines is 1. The quantitative estimate of drug-likeness (QED) is 0.563. The largest absolute Gasteiger partial charge is 0.384 e. The highest BCUT2D eigenvalue weighted by Crippen LogP contribution is 2.43. The standard InChI is InChI=1S/C23H25N5O3S/c1-11(29)23(31)28-9-12-6-14(7-13(12)10-28)26-19-15-4-5-24-21(15)25-8-16(19)22-27-17-2-3-18(30)20(17)32-22/h4-5,8,11-14,29H,2-3,6-7,9-10H2,1H3,(H2,24,25,26)/t11-,12-,13+,14?/m0/s1. The zero-order chi connectivity index (χ0) is 22.0. The van der Waals surface area contributed by atoms with Gasteiger partial charge in [0.1, 0.15) is 16.8 Å². The van der Waals surface area contributed by atoms with Gasteiger partial charge in [0.25, 0.3) is 5.91 Å². The van der Waals surface area contributed by atoms with Gasteiger partial charge in [-0.3, -0.25) is 9.59 Å². The number of aromatic amines is 1. The van der Waals surface area contributed by atoms with Crippen LogP contribution in [0.5, 0.6) is 0 Å². The first-order valence-corrected chi connectivity index (χ1v) is 12.0. The maximum atomic E-state index is 12.2. The van der Waals surface area contributed by atoms with E-state index in [4.69, 9.17) is 4.98 Å². The second kappa shape index (κ2) is 7.38. The molecule has 3 N–H and O–H groups in total. The zero-order valence-electron chi connectivity index (χ0n) is 17.8. The summed E-state index contributed by atoms with van der Waals surface area (Å²) < 4.78 is 0. The van der Waals surface area contributed by atoms with E-state index < -0.39 is 6.10 Å². The highest BCUT2D eigenvalue weighted by atomic mass is 32.1. The second-order valence-corrected chi connectivity index (χ2v) is 10.3. The van der Waals surface area contributed by atoms with E-state index in [0.717, 1.165) is 70.2 Å². The van der Waals surface area contributed by atoms with E-state index in [1.54, 1.807) is 0 Å². The average molecular weight is 452 g/mol. The fraction of sp³-hybridized carbons (Fsp3) is 0.478. The summed E-state index contributed by atoms with van der Waals surface area (Å²) in [6.07, 6.45) is 6.05. The molecule has 1 saturated heterocycles. The predicted molar refractivity (Wildman–Crippen MR) is 122 cm³/mol.